The van der Waals surface area contributed by atoms with Gasteiger partial charge in [-0.05, 0) is 57.7 Å². The van der Waals surface area contributed by atoms with E-state index in [1.165, 1.54) is 4.68 Å². The third-order valence-electron chi connectivity index (χ3n) is 4.08. The highest BCUT2D eigenvalue weighted by molar-refractivity contribution is 5.82. The molecule has 0 atom stereocenters. The monoisotopic (exact) mass is 340 g/mol. The van der Waals surface area contributed by atoms with Crippen molar-refractivity contribution >= 4 is 11.9 Å². The fourth-order valence-corrected chi connectivity index (χ4v) is 3.03. The van der Waals surface area contributed by atoms with Crippen molar-refractivity contribution in [3.63, 3.8) is 0 Å². The summed E-state index contributed by atoms with van der Waals surface area (Å²) >= 11 is 0. The molecule has 132 valence electrons. The number of rotatable bonds is 3. The van der Waals surface area contributed by atoms with Crippen molar-refractivity contribution in [2.75, 3.05) is 6.61 Å². The second kappa shape index (κ2) is 6.39. The molecule has 1 heterocycles. The second-order valence-electron chi connectivity index (χ2n) is 7.14. The first-order valence-electron chi connectivity index (χ1n) is 8.56. The smallest absolute Gasteiger partial charge is 0.435 e. The van der Waals surface area contributed by atoms with Crippen molar-refractivity contribution in [3.05, 3.63) is 47.7 Å². The van der Waals surface area contributed by atoms with Crippen LogP contribution in [-0.4, -0.2) is 28.1 Å². The van der Waals surface area contributed by atoms with Gasteiger partial charge in [0.15, 0.2) is 0 Å². The normalized spacial score (nSPS) is 13.0. The van der Waals surface area contributed by atoms with E-state index in [1.54, 1.807) is 6.20 Å². The number of carbonyl (C=O) groups excluding carboxylic acids is 1. The Labute approximate surface area is 148 Å². The van der Waals surface area contributed by atoms with E-state index in [0.717, 1.165) is 40.8 Å². The molecule has 0 spiro atoms. The van der Waals surface area contributed by atoms with E-state index >= 15 is 0 Å². The molecule has 1 aliphatic carbocycles. The minimum atomic E-state index is -0.563. The molecule has 0 N–H and O–H groups in total. The average Bonchev–Trinajstić information content (AvgIpc) is 2.97. The lowest BCUT2D eigenvalue weighted by atomic mass is 9.89. The first-order valence-corrected chi connectivity index (χ1v) is 8.56. The lowest BCUT2D eigenvalue weighted by Gasteiger charge is -2.22. The number of hydrogen-bond donors (Lipinski definition) is 0. The van der Waals surface area contributed by atoms with Crippen molar-refractivity contribution in [1.29, 1.82) is 0 Å². The van der Waals surface area contributed by atoms with E-state index in [2.05, 4.69) is 17.7 Å². The molecule has 0 amide bonds. The van der Waals surface area contributed by atoms with Gasteiger partial charge >= 0.3 is 6.09 Å². The van der Waals surface area contributed by atoms with Gasteiger partial charge in [-0.25, -0.2) is 4.79 Å². The molecule has 1 aromatic carbocycles. The number of benzene rings is 1. The Kier molecular flexibility index (Phi) is 4.41. The number of aryl methyl sites for hydroxylation is 2. The van der Waals surface area contributed by atoms with Crippen LogP contribution in [0.1, 0.15) is 44.4 Å². The number of hydrogen-bond acceptors (Lipinski definition) is 4. The van der Waals surface area contributed by atoms with Gasteiger partial charge in [-0.3, -0.25) is 0 Å². The van der Waals surface area contributed by atoms with E-state index in [0.29, 0.717) is 12.4 Å². The van der Waals surface area contributed by atoms with Gasteiger partial charge in [-0.1, -0.05) is 18.7 Å². The van der Waals surface area contributed by atoms with Gasteiger partial charge in [0.2, 0.25) is 0 Å². The van der Waals surface area contributed by atoms with E-state index in [4.69, 9.17) is 9.47 Å². The maximum absolute atomic E-state index is 12.5. The molecule has 1 aliphatic rings. The van der Waals surface area contributed by atoms with E-state index in [-0.39, 0.29) is 0 Å². The molecule has 25 heavy (non-hydrogen) atoms. The fraction of sp³-hybridized carbons (Fsp3) is 0.400. The van der Waals surface area contributed by atoms with Crippen LogP contribution in [0.3, 0.4) is 0 Å². The Balaban J connectivity index is 1.99. The van der Waals surface area contributed by atoms with Gasteiger partial charge in [-0.15, -0.1) is 0 Å². The van der Waals surface area contributed by atoms with Crippen LogP contribution in [0, 0.1) is 0 Å². The summed E-state index contributed by atoms with van der Waals surface area (Å²) in [4.78, 5) is 12.5. The quantitative estimate of drug-likeness (QED) is 0.775. The summed E-state index contributed by atoms with van der Waals surface area (Å²) < 4.78 is 12.4. The van der Waals surface area contributed by atoms with Crippen LogP contribution in [0.2, 0.25) is 0 Å². The summed E-state index contributed by atoms with van der Waals surface area (Å²) in [6.45, 7) is 12.0. The topological polar surface area (TPSA) is 53.4 Å². The molecule has 5 heteroatoms. The highest BCUT2D eigenvalue weighted by Crippen LogP contribution is 2.35. The predicted octanol–water partition coefficient (Wildman–Crippen LogP) is 4.44. The Morgan fingerprint density at radius 1 is 1.28 bits per heavy atom. The predicted molar refractivity (Wildman–Crippen MR) is 97.4 cm³/mol. The zero-order valence-corrected chi connectivity index (χ0v) is 15.3. The van der Waals surface area contributed by atoms with Crippen LogP contribution in [0.4, 0.5) is 4.79 Å². The molecular weight excluding hydrogens is 316 g/mol. The van der Waals surface area contributed by atoms with Crippen LogP contribution in [0.25, 0.3) is 17.0 Å². The van der Waals surface area contributed by atoms with E-state index < -0.39 is 11.7 Å². The zero-order valence-electron chi connectivity index (χ0n) is 15.3. The lowest BCUT2D eigenvalue weighted by molar-refractivity contribution is 0.0517. The molecule has 0 fully saturated rings. The number of nitrogens with zero attached hydrogens (tertiary/aromatic N) is 2. The van der Waals surface area contributed by atoms with Crippen molar-refractivity contribution in [2.45, 2.75) is 46.1 Å². The highest BCUT2D eigenvalue weighted by Gasteiger charge is 2.27. The summed E-state index contributed by atoms with van der Waals surface area (Å²) in [6.07, 6.45) is 3.05. The van der Waals surface area contributed by atoms with Crippen molar-refractivity contribution in [2.24, 2.45) is 0 Å². The van der Waals surface area contributed by atoms with Gasteiger partial charge in [0.1, 0.15) is 11.4 Å². The molecule has 1 aromatic heterocycles. The van der Waals surface area contributed by atoms with Gasteiger partial charge in [0.25, 0.3) is 0 Å². The first kappa shape index (κ1) is 17.3. The van der Waals surface area contributed by atoms with E-state index in [1.807, 2.05) is 39.8 Å². The Morgan fingerprint density at radius 3 is 2.68 bits per heavy atom. The Bertz CT molecular complexity index is 828. The molecule has 0 saturated heterocycles. The third kappa shape index (κ3) is 3.45. The molecule has 0 aliphatic heterocycles. The van der Waals surface area contributed by atoms with Gasteiger partial charge < -0.3 is 9.47 Å². The summed E-state index contributed by atoms with van der Waals surface area (Å²) in [5.41, 5.74) is 4.46. The maximum atomic E-state index is 12.5. The molecule has 5 nitrogen and oxygen atoms in total. The maximum Gasteiger partial charge on any atom is 0.435 e. The molecule has 0 unspecified atom stereocenters. The van der Waals surface area contributed by atoms with Crippen LogP contribution < -0.4 is 0 Å². The standard InChI is InChI=1S/C20H24N2O3/c1-6-24-13(2)14-9-10-17-15(11-14)7-8-16-12-21-22(18(16)17)19(23)25-20(3,4)5/h9-12H,2,6-8H2,1,3-5H3. The molecule has 3 rings (SSSR count). The summed E-state index contributed by atoms with van der Waals surface area (Å²) in [5, 5.41) is 4.27. The minimum Gasteiger partial charge on any atom is -0.494 e. The number of fused-ring (bicyclic) bond motifs is 3. The Morgan fingerprint density at radius 2 is 2.00 bits per heavy atom. The number of carbonyl (C=O) groups is 1. The molecule has 0 bridgehead atoms. The lowest BCUT2D eigenvalue weighted by Crippen LogP contribution is -2.28. The van der Waals surface area contributed by atoms with Gasteiger partial charge in [-0.2, -0.15) is 9.78 Å². The SMILES string of the molecule is C=C(OCC)c1ccc2c(c1)CCc1cnn(C(=O)OC(C)(C)C)c1-2. The van der Waals surface area contributed by atoms with Crippen LogP contribution >= 0.6 is 0 Å². The average molecular weight is 340 g/mol. The van der Waals surface area contributed by atoms with Gasteiger partial charge in [0.05, 0.1) is 18.5 Å². The third-order valence-corrected chi connectivity index (χ3v) is 4.08. The molecule has 0 radical (unpaired) electrons. The molecule has 2 aromatic rings. The van der Waals surface area contributed by atoms with Crippen molar-refractivity contribution in [3.8, 4) is 11.3 Å². The van der Waals surface area contributed by atoms with Crippen LogP contribution in [0.5, 0.6) is 0 Å². The van der Waals surface area contributed by atoms with Crippen LogP contribution in [-0.2, 0) is 22.3 Å². The number of aromatic nitrogens is 2. The summed E-state index contributed by atoms with van der Waals surface area (Å²) in [7, 11) is 0. The zero-order chi connectivity index (χ0) is 18.2. The fourth-order valence-electron chi connectivity index (χ4n) is 3.03. The molecule has 0 saturated carbocycles. The molecular formula is C20H24N2O3. The largest absolute Gasteiger partial charge is 0.494 e. The summed E-state index contributed by atoms with van der Waals surface area (Å²) in [5.74, 6) is 0.664. The minimum absolute atomic E-state index is 0.454. The van der Waals surface area contributed by atoms with Crippen molar-refractivity contribution in [1.82, 2.24) is 9.78 Å². The van der Waals surface area contributed by atoms with Crippen molar-refractivity contribution < 1.29 is 14.3 Å². The van der Waals surface area contributed by atoms with E-state index in [9.17, 15) is 4.79 Å². The first-order chi connectivity index (χ1) is 11.8. The Hall–Kier alpha value is -2.56. The second-order valence-corrected chi connectivity index (χ2v) is 7.14. The highest BCUT2D eigenvalue weighted by atomic mass is 16.6. The summed E-state index contributed by atoms with van der Waals surface area (Å²) in [6, 6.07) is 6.07. The number of ether oxygens (including phenoxy) is 2. The van der Waals surface area contributed by atoms with Crippen LogP contribution in [0.15, 0.2) is 31.0 Å². The van der Waals surface area contributed by atoms with Gasteiger partial charge in [0, 0.05) is 11.1 Å².